The van der Waals surface area contributed by atoms with Gasteiger partial charge < -0.3 is 4.74 Å². The van der Waals surface area contributed by atoms with Crippen molar-refractivity contribution in [1.82, 2.24) is 0 Å². The molecule has 1 nitrogen and oxygen atoms in total. The highest BCUT2D eigenvalue weighted by atomic mass is 79.9. The van der Waals surface area contributed by atoms with Crippen LogP contribution in [-0.4, -0.2) is 18.0 Å². The van der Waals surface area contributed by atoms with E-state index in [1.165, 1.54) is 38.5 Å². The van der Waals surface area contributed by atoms with E-state index in [0.29, 0.717) is 6.10 Å². The molecule has 0 saturated heterocycles. The van der Waals surface area contributed by atoms with Gasteiger partial charge >= 0.3 is 0 Å². The Hall–Kier alpha value is 0.440. The van der Waals surface area contributed by atoms with Gasteiger partial charge in [0.15, 0.2) is 0 Å². The fourth-order valence-corrected chi connectivity index (χ4v) is 1.43. The van der Waals surface area contributed by atoms with Crippen molar-refractivity contribution in [1.29, 1.82) is 0 Å². The van der Waals surface area contributed by atoms with Gasteiger partial charge in [0.2, 0.25) is 0 Å². The Kier molecular flexibility index (Phi) is 5.21. The van der Waals surface area contributed by atoms with Gasteiger partial charge in [0, 0.05) is 11.9 Å². The molecule has 1 saturated carbocycles. The second-order valence-electron chi connectivity index (χ2n) is 3.17. The van der Waals surface area contributed by atoms with E-state index in [9.17, 15) is 0 Å². The third-order valence-electron chi connectivity index (χ3n) is 1.91. The van der Waals surface area contributed by atoms with Crippen molar-refractivity contribution in [2.24, 2.45) is 0 Å². The lowest BCUT2D eigenvalue weighted by atomic mass is 10.2. The van der Waals surface area contributed by atoms with Crippen molar-refractivity contribution < 1.29 is 4.74 Å². The zero-order chi connectivity index (χ0) is 7.94. The summed E-state index contributed by atoms with van der Waals surface area (Å²) in [5, 5.41) is 1.15. The van der Waals surface area contributed by atoms with Crippen LogP contribution in [0, 0.1) is 0 Å². The van der Waals surface area contributed by atoms with Gasteiger partial charge in [0.1, 0.15) is 0 Å². The predicted octanol–water partition coefficient (Wildman–Crippen LogP) is 3.12. The normalized spacial score (nSPS) is 17.2. The fourth-order valence-electron chi connectivity index (χ4n) is 1.03. The van der Waals surface area contributed by atoms with Crippen molar-refractivity contribution in [3.63, 3.8) is 0 Å². The molecule has 0 N–H and O–H groups in total. The second-order valence-corrected chi connectivity index (χ2v) is 3.97. The first-order valence-corrected chi connectivity index (χ1v) is 5.73. The third-order valence-corrected chi connectivity index (χ3v) is 2.47. The van der Waals surface area contributed by atoms with Crippen LogP contribution in [0.3, 0.4) is 0 Å². The number of hydrogen-bond acceptors (Lipinski definition) is 1. The first-order chi connectivity index (χ1) is 5.43. The summed E-state index contributed by atoms with van der Waals surface area (Å²) in [4.78, 5) is 0. The van der Waals surface area contributed by atoms with Crippen LogP contribution in [0.1, 0.15) is 38.5 Å². The van der Waals surface area contributed by atoms with Crippen LogP contribution in [0.25, 0.3) is 0 Å². The van der Waals surface area contributed by atoms with Crippen molar-refractivity contribution >= 4 is 15.9 Å². The summed E-state index contributed by atoms with van der Waals surface area (Å²) in [5.41, 5.74) is 0. The number of hydrogen-bond donors (Lipinski definition) is 0. The first-order valence-electron chi connectivity index (χ1n) is 4.61. The van der Waals surface area contributed by atoms with E-state index < -0.39 is 0 Å². The van der Waals surface area contributed by atoms with Gasteiger partial charge in [-0.05, 0) is 25.7 Å². The number of unbranched alkanes of at least 4 members (excludes halogenated alkanes) is 3. The van der Waals surface area contributed by atoms with E-state index in [1.807, 2.05) is 0 Å². The van der Waals surface area contributed by atoms with Crippen molar-refractivity contribution in [3.8, 4) is 0 Å². The molecular formula is C9H17BrO. The SMILES string of the molecule is BrCCCCCCOC1CC1. The summed E-state index contributed by atoms with van der Waals surface area (Å²) in [5.74, 6) is 0. The summed E-state index contributed by atoms with van der Waals surface area (Å²) < 4.78 is 5.52. The van der Waals surface area contributed by atoms with Gasteiger partial charge in [-0.3, -0.25) is 0 Å². The monoisotopic (exact) mass is 220 g/mol. The highest BCUT2D eigenvalue weighted by Gasteiger charge is 2.21. The molecule has 0 bridgehead atoms. The Bertz CT molecular complexity index is 91.6. The smallest absolute Gasteiger partial charge is 0.0577 e. The molecule has 0 heterocycles. The number of halogens is 1. The van der Waals surface area contributed by atoms with Gasteiger partial charge in [-0.2, -0.15) is 0 Å². The van der Waals surface area contributed by atoms with Crippen LogP contribution in [-0.2, 0) is 4.74 Å². The lowest BCUT2D eigenvalue weighted by molar-refractivity contribution is 0.115. The molecule has 0 aromatic heterocycles. The molecule has 0 unspecified atom stereocenters. The van der Waals surface area contributed by atoms with E-state index in [4.69, 9.17) is 4.74 Å². The molecule has 1 aliphatic rings. The summed E-state index contributed by atoms with van der Waals surface area (Å²) in [6.45, 7) is 0.993. The largest absolute Gasteiger partial charge is 0.378 e. The number of alkyl halides is 1. The highest BCUT2D eigenvalue weighted by Crippen LogP contribution is 2.23. The second kappa shape index (κ2) is 6.01. The average molecular weight is 221 g/mol. The number of rotatable bonds is 7. The molecule has 66 valence electrons. The van der Waals surface area contributed by atoms with Crippen LogP contribution in [0.4, 0.5) is 0 Å². The van der Waals surface area contributed by atoms with Crippen LogP contribution in [0.2, 0.25) is 0 Å². The van der Waals surface area contributed by atoms with Crippen molar-refractivity contribution in [2.75, 3.05) is 11.9 Å². The Balaban J connectivity index is 1.66. The minimum absolute atomic E-state index is 0.645. The maximum atomic E-state index is 5.52. The van der Waals surface area contributed by atoms with E-state index in [-0.39, 0.29) is 0 Å². The fraction of sp³-hybridized carbons (Fsp3) is 1.00. The lowest BCUT2D eigenvalue weighted by Crippen LogP contribution is -1.95. The zero-order valence-electron chi connectivity index (χ0n) is 7.02. The van der Waals surface area contributed by atoms with Crippen molar-refractivity contribution in [2.45, 2.75) is 44.6 Å². The van der Waals surface area contributed by atoms with E-state index in [1.54, 1.807) is 0 Å². The Labute approximate surface area is 77.6 Å². The van der Waals surface area contributed by atoms with Crippen LogP contribution >= 0.6 is 15.9 Å². The Morgan fingerprint density at radius 1 is 1.09 bits per heavy atom. The molecule has 1 fully saturated rings. The van der Waals surface area contributed by atoms with Gasteiger partial charge in [-0.25, -0.2) is 0 Å². The predicted molar refractivity (Wildman–Crippen MR) is 51.2 cm³/mol. The average Bonchev–Trinajstić information content (AvgIpc) is 2.80. The molecule has 0 aromatic rings. The molecule has 1 aliphatic carbocycles. The molecule has 0 aromatic carbocycles. The molecule has 0 aliphatic heterocycles. The molecule has 2 heteroatoms. The standard InChI is InChI=1S/C9H17BrO/c10-7-3-1-2-4-8-11-9-5-6-9/h9H,1-8H2. The molecule has 11 heavy (non-hydrogen) atoms. The summed E-state index contributed by atoms with van der Waals surface area (Å²) in [6, 6.07) is 0. The summed E-state index contributed by atoms with van der Waals surface area (Å²) in [6.07, 6.45) is 8.50. The van der Waals surface area contributed by atoms with Crippen LogP contribution in [0.15, 0.2) is 0 Å². The minimum Gasteiger partial charge on any atom is -0.378 e. The van der Waals surface area contributed by atoms with E-state index in [2.05, 4.69) is 15.9 Å². The van der Waals surface area contributed by atoms with Crippen LogP contribution < -0.4 is 0 Å². The minimum atomic E-state index is 0.645. The molecule has 0 spiro atoms. The zero-order valence-corrected chi connectivity index (χ0v) is 8.61. The number of ether oxygens (including phenoxy) is 1. The first kappa shape index (κ1) is 9.53. The molecule has 0 amide bonds. The topological polar surface area (TPSA) is 9.23 Å². The van der Waals surface area contributed by atoms with Gasteiger partial charge in [0.25, 0.3) is 0 Å². The van der Waals surface area contributed by atoms with Gasteiger partial charge in [-0.1, -0.05) is 28.8 Å². The van der Waals surface area contributed by atoms with Gasteiger partial charge in [0.05, 0.1) is 6.10 Å². The quantitative estimate of drug-likeness (QED) is 0.474. The third kappa shape index (κ3) is 5.68. The summed E-state index contributed by atoms with van der Waals surface area (Å²) in [7, 11) is 0. The lowest BCUT2D eigenvalue weighted by Gasteiger charge is -2.00. The van der Waals surface area contributed by atoms with E-state index >= 15 is 0 Å². The Morgan fingerprint density at radius 2 is 1.82 bits per heavy atom. The molecule has 0 radical (unpaired) electrons. The summed E-state index contributed by atoms with van der Waals surface area (Å²) >= 11 is 3.42. The molecule has 0 atom stereocenters. The molecular weight excluding hydrogens is 204 g/mol. The maximum absolute atomic E-state index is 5.52. The van der Waals surface area contributed by atoms with E-state index in [0.717, 1.165) is 11.9 Å². The maximum Gasteiger partial charge on any atom is 0.0577 e. The van der Waals surface area contributed by atoms with Gasteiger partial charge in [-0.15, -0.1) is 0 Å². The Morgan fingerprint density at radius 3 is 2.45 bits per heavy atom. The highest BCUT2D eigenvalue weighted by molar-refractivity contribution is 9.09. The van der Waals surface area contributed by atoms with Crippen LogP contribution in [0.5, 0.6) is 0 Å². The van der Waals surface area contributed by atoms with Crippen molar-refractivity contribution in [3.05, 3.63) is 0 Å². The molecule has 1 rings (SSSR count).